The molecule has 1 fully saturated rings. The molecule has 1 heterocycles. The van der Waals surface area contributed by atoms with Gasteiger partial charge in [-0.3, -0.25) is 4.90 Å². The molecule has 0 saturated carbocycles. The van der Waals surface area contributed by atoms with Gasteiger partial charge in [-0.1, -0.05) is 73.5 Å². The first-order chi connectivity index (χ1) is 13.3. The molecule has 2 heteroatoms. The summed E-state index contributed by atoms with van der Waals surface area (Å²) in [6, 6.07) is 20.4. The van der Waals surface area contributed by atoms with Crippen LogP contribution < -0.4 is 4.90 Å². The molecular weight excluding hydrogens is 340 g/mol. The number of benzene rings is 2. The Bertz CT molecular complexity index is 762. The Labute approximate surface area is 171 Å². The minimum absolute atomic E-state index is 0.154. The lowest BCUT2D eigenvalue weighted by molar-refractivity contribution is 0.186. The highest BCUT2D eigenvalue weighted by atomic mass is 15.3. The third-order valence-corrected chi connectivity index (χ3v) is 5.98. The maximum absolute atomic E-state index is 2.68. The van der Waals surface area contributed by atoms with Crippen molar-refractivity contribution in [2.45, 2.75) is 52.5 Å². The minimum Gasteiger partial charge on any atom is -0.369 e. The lowest BCUT2D eigenvalue weighted by Gasteiger charge is -2.42. The van der Waals surface area contributed by atoms with Crippen LogP contribution in [0.1, 0.15) is 45.2 Å². The molecule has 2 aromatic carbocycles. The molecule has 1 aliphatic heterocycles. The van der Waals surface area contributed by atoms with Crippen molar-refractivity contribution < 1.29 is 0 Å². The van der Waals surface area contributed by atoms with E-state index in [1.54, 1.807) is 0 Å². The van der Waals surface area contributed by atoms with E-state index in [4.69, 9.17) is 0 Å². The second kappa shape index (κ2) is 8.96. The summed E-state index contributed by atoms with van der Waals surface area (Å²) in [5.41, 5.74) is 5.68. The van der Waals surface area contributed by atoms with Crippen LogP contribution in [0.5, 0.6) is 0 Å². The number of aryl methyl sites for hydroxylation is 1. The third-order valence-electron chi connectivity index (χ3n) is 5.98. The molecule has 0 aromatic heterocycles. The van der Waals surface area contributed by atoms with Crippen molar-refractivity contribution in [2.24, 2.45) is 0 Å². The summed E-state index contributed by atoms with van der Waals surface area (Å²) in [4.78, 5) is 5.20. The zero-order valence-electron chi connectivity index (χ0n) is 18.3. The SMILES string of the molecule is CC(C)=CC(CC(C)(C)c1ccc(C)cc1)N1CCN(c2ccccc2)CC1. The molecule has 0 radical (unpaired) electrons. The number of rotatable bonds is 6. The van der Waals surface area contributed by atoms with Gasteiger partial charge in [0.25, 0.3) is 0 Å². The van der Waals surface area contributed by atoms with Gasteiger partial charge in [-0.2, -0.15) is 0 Å². The van der Waals surface area contributed by atoms with Crippen molar-refractivity contribution >= 4 is 5.69 Å². The predicted octanol–water partition coefficient (Wildman–Crippen LogP) is 5.82. The fourth-order valence-corrected chi connectivity index (χ4v) is 4.27. The quantitative estimate of drug-likeness (QED) is 0.586. The zero-order chi connectivity index (χ0) is 20.1. The van der Waals surface area contributed by atoms with Gasteiger partial charge < -0.3 is 4.90 Å². The van der Waals surface area contributed by atoms with Crippen LogP contribution in [0, 0.1) is 6.92 Å². The summed E-state index contributed by atoms with van der Waals surface area (Å²) in [7, 11) is 0. The molecule has 1 atom stereocenters. The fourth-order valence-electron chi connectivity index (χ4n) is 4.27. The van der Waals surface area contributed by atoms with E-state index in [1.165, 1.54) is 22.4 Å². The van der Waals surface area contributed by atoms with Gasteiger partial charge in [0, 0.05) is 37.9 Å². The van der Waals surface area contributed by atoms with Crippen LogP contribution in [-0.2, 0) is 5.41 Å². The zero-order valence-corrected chi connectivity index (χ0v) is 18.3. The lowest BCUT2D eigenvalue weighted by atomic mass is 9.78. The summed E-state index contributed by atoms with van der Waals surface area (Å²) >= 11 is 0. The van der Waals surface area contributed by atoms with Gasteiger partial charge in [0.05, 0.1) is 0 Å². The first-order valence-corrected chi connectivity index (χ1v) is 10.6. The number of para-hydroxylation sites is 1. The van der Waals surface area contributed by atoms with Gasteiger partial charge in [0.1, 0.15) is 0 Å². The van der Waals surface area contributed by atoms with Crippen molar-refractivity contribution in [3.05, 3.63) is 77.4 Å². The Kier molecular flexibility index (Phi) is 6.61. The molecule has 1 aliphatic rings. The monoisotopic (exact) mass is 376 g/mol. The van der Waals surface area contributed by atoms with Crippen LogP contribution >= 0.6 is 0 Å². The molecule has 150 valence electrons. The molecule has 0 aliphatic carbocycles. The van der Waals surface area contributed by atoms with E-state index < -0.39 is 0 Å². The van der Waals surface area contributed by atoms with E-state index in [0.717, 1.165) is 32.6 Å². The van der Waals surface area contributed by atoms with E-state index in [9.17, 15) is 0 Å². The van der Waals surface area contributed by atoms with Crippen molar-refractivity contribution in [2.75, 3.05) is 31.1 Å². The van der Waals surface area contributed by atoms with Crippen LogP contribution in [0.25, 0.3) is 0 Å². The summed E-state index contributed by atoms with van der Waals surface area (Å²) in [5.74, 6) is 0. The average Bonchev–Trinajstić information content (AvgIpc) is 2.68. The Balaban J connectivity index is 1.70. The van der Waals surface area contributed by atoms with E-state index >= 15 is 0 Å². The second-order valence-corrected chi connectivity index (χ2v) is 9.12. The Morgan fingerprint density at radius 2 is 1.54 bits per heavy atom. The molecule has 3 rings (SSSR count). The minimum atomic E-state index is 0.154. The molecular formula is C26H36N2. The number of anilines is 1. The Morgan fingerprint density at radius 1 is 0.929 bits per heavy atom. The predicted molar refractivity (Wildman–Crippen MR) is 122 cm³/mol. The van der Waals surface area contributed by atoms with E-state index in [-0.39, 0.29) is 5.41 Å². The van der Waals surface area contributed by atoms with Gasteiger partial charge in [-0.25, -0.2) is 0 Å². The van der Waals surface area contributed by atoms with Gasteiger partial charge in [-0.05, 0) is 50.3 Å². The average molecular weight is 377 g/mol. The molecule has 0 spiro atoms. The molecule has 0 bridgehead atoms. The first-order valence-electron chi connectivity index (χ1n) is 10.6. The summed E-state index contributed by atoms with van der Waals surface area (Å²) < 4.78 is 0. The van der Waals surface area contributed by atoms with Crippen LogP contribution in [-0.4, -0.2) is 37.1 Å². The normalized spacial score (nSPS) is 16.7. The Morgan fingerprint density at radius 3 is 2.11 bits per heavy atom. The van der Waals surface area contributed by atoms with Gasteiger partial charge in [0.15, 0.2) is 0 Å². The number of allylic oxidation sites excluding steroid dienone is 1. The van der Waals surface area contributed by atoms with Crippen molar-refractivity contribution in [3.63, 3.8) is 0 Å². The number of hydrogen-bond donors (Lipinski definition) is 0. The summed E-state index contributed by atoms with van der Waals surface area (Å²) in [5, 5.41) is 0. The molecule has 0 amide bonds. The van der Waals surface area contributed by atoms with Crippen molar-refractivity contribution in [1.29, 1.82) is 0 Å². The topological polar surface area (TPSA) is 6.48 Å². The Hall–Kier alpha value is -2.06. The summed E-state index contributed by atoms with van der Waals surface area (Å²) in [6.07, 6.45) is 3.63. The third kappa shape index (κ3) is 5.26. The van der Waals surface area contributed by atoms with Crippen LogP contribution in [0.2, 0.25) is 0 Å². The largest absolute Gasteiger partial charge is 0.369 e. The lowest BCUT2D eigenvalue weighted by Crippen LogP contribution is -2.51. The highest BCUT2D eigenvalue weighted by Gasteiger charge is 2.29. The standard InChI is InChI=1S/C26H36N2/c1-21(2)19-25(20-26(4,5)23-13-11-22(3)12-14-23)28-17-15-27(16-18-28)24-9-7-6-8-10-24/h6-14,19,25H,15-18,20H2,1-5H3. The number of piperazine rings is 1. The van der Waals surface area contributed by atoms with Crippen LogP contribution in [0.3, 0.4) is 0 Å². The van der Waals surface area contributed by atoms with E-state index in [0.29, 0.717) is 6.04 Å². The molecule has 2 nitrogen and oxygen atoms in total. The van der Waals surface area contributed by atoms with E-state index in [1.807, 2.05) is 0 Å². The molecule has 0 N–H and O–H groups in total. The highest BCUT2D eigenvalue weighted by Crippen LogP contribution is 2.31. The van der Waals surface area contributed by atoms with Gasteiger partial charge in [0.2, 0.25) is 0 Å². The fraction of sp³-hybridized carbons (Fsp3) is 0.462. The van der Waals surface area contributed by atoms with Crippen molar-refractivity contribution in [1.82, 2.24) is 4.90 Å². The summed E-state index contributed by atoms with van der Waals surface area (Å²) in [6.45, 7) is 15.8. The second-order valence-electron chi connectivity index (χ2n) is 9.12. The van der Waals surface area contributed by atoms with E-state index in [2.05, 4.69) is 105 Å². The molecule has 28 heavy (non-hydrogen) atoms. The molecule has 1 unspecified atom stereocenters. The van der Waals surface area contributed by atoms with Gasteiger partial charge >= 0.3 is 0 Å². The van der Waals surface area contributed by atoms with Crippen molar-refractivity contribution in [3.8, 4) is 0 Å². The van der Waals surface area contributed by atoms with Crippen LogP contribution in [0.4, 0.5) is 5.69 Å². The number of hydrogen-bond acceptors (Lipinski definition) is 2. The maximum atomic E-state index is 2.68. The first kappa shape index (κ1) is 20.7. The molecule has 2 aromatic rings. The highest BCUT2D eigenvalue weighted by molar-refractivity contribution is 5.46. The van der Waals surface area contributed by atoms with Gasteiger partial charge in [-0.15, -0.1) is 0 Å². The molecule has 1 saturated heterocycles. The maximum Gasteiger partial charge on any atom is 0.0367 e. The van der Waals surface area contributed by atoms with Crippen LogP contribution in [0.15, 0.2) is 66.2 Å². The smallest absolute Gasteiger partial charge is 0.0367 e. The number of nitrogens with zero attached hydrogens (tertiary/aromatic N) is 2.